The minimum absolute atomic E-state index is 0.154. The molecule has 0 fully saturated rings. The molecule has 0 aliphatic carbocycles. The maximum atomic E-state index is 13.6. The van der Waals surface area contributed by atoms with E-state index in [9.17, 15) is 9.18 Å². The van der Waals surface area contributed by atoms with Crippen molar-refractivity contribution < 1.29 is 13.9 Å². The summed E-state index contributed by atoms with van der Waals surface area (Å²) in [5.41, 5.74) is 2.83. The molecular weight excluding hydrogens is 395 g/mol. The van der Waals surface area contributed by atoms with Gasteiger partial charge in [-0.05, 0) is 67.6 Å². The predicted octanol–water partition coefficient (Wildman–Crippen LogP) is 4.92. The van der Waals surface area contributed by atoms with Crippen LogP contribution in [0.15, 0.2) is 42.5 Å². The highest BCUT2D eigenvalue weighted by molar-refractivity contribution is 7.98. The molecule has 28 heavy (non-hydrogen) atoms. The van der Waals surface area contributed by atoms with Crippen LogP contribution in [0, 0.1) is 12.7 Å². The summed E-state index contributed by atoms with van der Waals surface area (Å²) in [6.07, 6.45) is 0.906. The lowest BCUT2D eigenvalue weighted by Crippen LogP contribution is -2.30. The van der Waals surface area contributed by atoms with Gasteiger partial charge >= 0.3 is 5.97 Å². The molecule has 0 aromatic heterocycles. The van der Waals surface area contributed by atoms with E-state index < -0.39 is 0 Å². The number of carbonyl (C=O) groups is 1. The molecule has 0 bridgehead atoms. The minimum Gasteiger partial charge on any atom is -0.462 e. The topological polar surface area (TPSA) is 50.4 Å². The minimum atomic E-state index is -0.339. The van der Waals surface area contributed by atoms with Crippen LogP contribution in [-0.4, -0.2) is 30.0 Å². The van der Waals surface area contributed by atoms with Crippen LogP contribution in [0.4, 0.5) is 10.1 Å². The fourth-order valence-corrected chi connectivity index (χ4v) is 3.70. The normalized spacial score (nSPS) is 10.4. The largest absolute Gasteiger partial charge is 0.462 e. The number of benzene rings is 2. The maximum Gasteiger partial charge on any atom is 0.338 e. The number of thiocarbonyl (C=S) groups is 1. The van der Waals surface area contributed by atoms with Gasteiger partial charge in [-0.2, -0.15) is 11.8 Å². The average Bonchev–Trinajstić information content (AvgIpc) is 2.67. The second kappa shape index (κ2) is 11.7. The molecule has 0 spiro atoms. The first-order valence-electron chi connectivity index (χ1n) is 9.15. The summed E-state index contributed by atoms with van der Waals surface area (Å²) >= 11 is 7.03. The van der Waals surface area contributed by atoms with E-state index in [0.717, 1.165) is 29.0 Å². The Bertz CT molecular complexity index is 815. The van der Waals surface area contributed by atoms with E-state index in [0.29, 0.717) is 29.6 Å². The third-order valence-electron chi connectivity index (χ3n) is 4.04. The number of hydrogen-bond acceptors (Lipinski definition) is 4. The van der Waals surface area contributed by atoms with Gasteiger partial charge in [-0.15, -0.1) is 0 Å². The number of rotatable bonds is 9. The smallest absolute Gasteiger partial charge is 0.338 e. The number of ether oxygens (including phenoxy) is 1. The van der Waals surface area contributed by atoms with E-state index in [4.69, 9.17) is 17.0 Å². The summed E-state index contributed by atoms with van der Waals surface area (Å²) in [5.74, 6) is 1.07. The van der Waals surface area contributed by atoms with Crippen LogP contribution in [0.25, 0.3) is 0 Å². The molecule has 0 heterocycles. The molecule has 2 rings (SSSR count). The van der Waals surface area contributed by atoms with Crippen molar-refractivity contribution >= 4 is 40.7 Å². The Labute approximate surface area is 175 Å². The van der Waals surface area contributed by atoms with Gasteiger partial charge in [0.05, 0.1) is 12.2 Å². The predicted molar refractivity (Wildman–Crippen MR) is 119 cm³/mol. The van der Waals surface area contributed by atoms with Crippen LogP contribution in [0.3, 0.4) is 0 Å². The first-order valence-corrected chi connectivity index (χ1v) is 10.7. The van der Waals surface area contributed by atoms with Gasteiger partial charge in [0.2, 0.25) is 0 Å². The highest BCUT2D eigenvalue weighted by Crippen LogP contribution is 2.20. The molecule has 2 aromatic rings. The monoisotopic (exact) mass is 420 g/mol. The molecule has 7 heteroatoms. The van der Waals surface area contributed by atoms with Crippen molar-refractivity contribution in [3.05, 3.63) is 65.0 Å². The molecule has 0 saturated heterocycles. The van der Waals surface area contributed by atoms with E-state index in [1.807, 2.05) is 25.1 Å². The Morgan fingerprint density at radius 2 is 2.00 bits per heavy atom. The molecule has 0 saturated carbocycles. The molecule has 0 radical (unpaired) electrons. The van der Waals surface area contributed by atoms with Gasteiger partial charge in [0.25, 0.3) is 0 Å². The summed E-state index contributed by atoms with van der Waals surface area (Å²) < 4.78 is 18.6. The molecular formula is C21H25FN2O2S2. The van der Waals surface area contributed by atoms with Gasteiger partial charge < -0.3 is 15.4 Å². The lowest BCUT2D eigenvalue weighted by Gasteiger charge is -2.14. The summed E-state index contributed by atoms with van der Waals surface area (Å²) in [6, 6.07) is 12.3. The summed E-state index contributed by atoms with van der Waals surface area (Å²) in [7, 11) is 0. The Morgan fingerprint density at radius 1 is 1.21 bits per heavy atom. The standard InChI is InChI=1S/C21H25FN2O2S2/c1-3-26-20(25)17-9-6-11-19(15(17)2)24-21(27)23-12-7-13-28-14-16-8-4-5-10-18(16)22/h4-6,8-11H,3,7,12-14H2,1-2H3,(H2,23,24,27). The van der Waals surface area contributed by atoms with Crippen LogP contribution < -0.4 is 10.6 Å². The second-order valence-corrected chi connectivity index (χ2v) is 7.59. The third kappa shape index (κ3) is 6.80. The van der Waals surface area contributed by atoms with Crippen LogP contribution in [0.5, 0.6) is 0 Å². The Balaban J connectivity index is 1.72. The van der Waals surface area contributed by atoms with Crippen molar-refractivity contribution in [1.29, 1.82) is 0 Å². The molecule has 2 aromatic carbocycles. The molecule has 4 nitrogen and oxygen atoms in total. The van der Waals surface area contributed by atoms with Gasteiger partial charge in [0.1, 0.15) is 5.82 Å². The van der Waals surface area contributed by atoms with Crippen molar-refractivity contribution in [2.45, 2.75) is 26.0 Å². The number of halogens is 1. The van der Waals surface area contributed by atoms with Crippen LogP contribution in [-0.2, 0) is 10.5 Å². The van der Waals surface area contributed by atoms with E-state index in [1.165, 1.54) is 6.07 Å². The van der Waals surface area contributed by atoms with Crippen LogP contribution in [0.2, 0.25) is 0 Å². The van der Waals surface area contributed by atoms with Gasteiger partial charge in [-0.3, -0.25) is 0 Å². The quantitative estimate of drug-likeness (QED) is 0.341. The zero-order valence-electron chi connectivity index (χ0n) is 16.1. The number of thioether (sulfide) groups is 1. The zero-order valence-corrected chi connectivity index (χ0v) is 17.7. The number of anilines is 1. The fourth-order valence-electron chi connectivity index (χ4n) is 2.54. The molecule has 150 valence electrons. The summed E-state index contributed by atoms with van der Waals surface area (Å²) in [5, 5.41) is 6.79. The third-order valence-corrected chi connectivity index (χ3v) is 5.38. The SMILES string of the molecule is CCOC(=O)c1cccc(NC(=S)NCCCSCc2ccccc2F)c1C. The highest BCUT2D eigenvalue weighted by Gasteiger charge is 2.13. The molecule has 0 aliphatic rings. The zero-order chi connectivity index (χ0) is 20.4. The van der Waals surface area contributed by atoms with Crippen LogP contribution >= 0.6 is 24.0 Å². The van der Waals surface area contributed by atoms with Crippen molar-refractivity contribution in [3.63, 3.8) is 0 Å². The Kier molecular flexibility index (Phi) is 9.23. The highest BCUT2D eigenvalue weighted by atomic mass is 32.2. The summed E-state index contributed by atoms with van der Waals surface area (Å²) in [6.45, 7) is 4.69. The summed E-state index contributed by atoms with van der Waals surface area (Å²) in [4.78, 5) is 12.0. The fraction of sp³-hybridized carbons (Fsp3) is 0.333. The Morgan fingerprint density at radius 3 is 2.75 bits per heavy atom. The van der Waals surface area contributed by atoms with E-state index in [2.05, 4.69) is 10.6 Å². The van der Waals surface area contributed by atoms with Gasteiger partial charge in [0.15, 0.2) is 5.11 Å². The lowest BCUT2D eigenvalue weighted by atomic mass is 10.1. The van der Waals surface area contributed by atoms with Gasteiger partial charge in [0, 0.05) is 18.0 Å². The van der Waals surface area contributed by atoms with Crippen LogP contribution in [0.1, 0.15) is 34.8 Å². The maximum absolute atomic E-state index is 13.6. The van der Waals surface area contributed by atoms with E-state index in [1.54, 1.807) is 36.9 Å². The number of nitrogens with one attached hydrogen (secondary N) is 2. The number of carbonyl (C=O) groups excluding carboxylic acids is 1. The van der Waals surface area contributed by atoms with E-state index >= 15 is 0 Å². The van der Waals surface area contributed by atoms with E-state index in [-0.39, 0.29) is 11.8 Å². The van der Waals surface area contributed by atoms with Crippen molar-refractivity contribution in [2.24, 2.45) is 0 Å². The first-order chi connectivity index (χ1) is 13.5. The molecule has 0 unspecified atom stereocenters. The number of hydrogen-bond donors (Lipinski definition) is 2. The van der Waals surface area contributed by atoms with Gasteiger partial charge in [-0.25, -0.2) is 9.18 Å². The molecule has 2 N–H and O–H groups in total. The number of esters is 1. The average molecular weight is 421 g/mol. The van der Waals surface area contributed by atoms with Gasteiger partial charge in [-0.1, -0.05) is 24.3 Å². The van der Waals surface area contributed by atoms with Crippen molar-refractivity contribution in [1.82, 2.24) is 5.32 Å². The second-order valence-electron chi connectivity index (χ2n) is 6.08. The lowest BCUT2D eigenvalue weighted by molar-refractivity contribution is 0.0525. The molecule has 0 amide bonds. The molecule has 0 aliphatic heterocycles. The van der Waals surface area contributed by atoms with Crippen molar-refractivity contribution in [2.75, 3.05) is 24.2 Å². The van der Waals surface area contributed by atoms with Crippen molar-refractivity contribution in [3.8, 4) is 0 Å². The Hall–Kier alpha value is -2.12. The molecule has 0 atom stereocenters. The first kappa shape index (κ1) is 22.2.